The van der Waals surface area contributed by atoms with Gasteiger partial charge < -0.3 is 10.2 Å². The predicted octanol–water partition coefficient (Wildman–Crippen LogP) is 7.90. The molecule has 3 aromatic rings. The molecule has 0 spiro atoms. The van der Waals surface area contributed by atoms with Crippen molar-refractivity contribution in [3.63, 3.8) is 0 Å². The Hall–Kier alpha value is -2.02. The van der Waals surface area contributed by atoms with E-state index < -0.39 is 33.8 Å². The number of aryl methyl sites for hydroxylation is 1. The second-order valence-corrected chi connectivity index (χ2v) is 10.9. The summed E-state index contributed by atoms with van der Waals surface area (Å²) in [5.74, 6) is -2.51. The molecule has 1 N–H and O–H groups in total. The lowest BCUT2D eigenvalue weighted by Crippen LogP contribution is -2.26. The number of nitrogens with zero attached hydrogens (tertiary/aromatic N) is 1. The van der Waals surface area contributed by atoms with Crippen LogP contribution in [0.4, 0.5) is 15.8 Å². The maximum atomic E-state index is 13.2. The lowest BCUT2D eigenvalue weighted by Gasteiger charge is -2.18. The van der Waals surface area contributed by atoms with Crippen molar-refractivity contribution in [3.05, 3.63) is 92.2 Å². The van der Waals surface area contributed by atoms with Crippen molar-refractivity contribution >= 4 is 81.2 Å². The van der Waals surface area contributed by atoms with Gasteiger partial charge in [0.1, 0.15) is 10.2 Å². The normalized spacial score (nSPS) is 18.2. The number of hydrogen-bond acceptors (Lipinski definition) is 2. The number of rotatable bonds is 5. The molecule has 1 fully saturated rings. The average molecular weight is 575 g/mol. The molecule has 0 aromatic heterocycles. The van der Waals surface area contributed by atoms with Crippen molar-refractivity contribution in [1.29, 1.82) is 0 Å². The monoisotopic (exact) mass is 572 g/mol. The van der Waals surface area contributed by atoms with Crippen molar-refractivity contribution in [2.24, 2.45) is 5.92 Å². The summed E-state index contributed by atoms with van der Waals surface area (Å²) >= 11 is 31.5. The summed E-state index contributed by atoms with van der Waals surface area (Å²) in [5.41, 5.74) is 2.43. The maximum absolute atomic E-state index is 13.2. The summed E-state index contributed by atoms with van der Waals surface area (Å²) in [6.07, 6.45) is 0. The fraction of sp³-hybridized carbons (Fsp3) is 0.200. The van der Waals surface area contributed by atoms with Crippen LogP contribution < -0.4 is 10.2 Å². The number of anilines is 2. The Labute approximate surface area is 226 Å². The average Bonchev–Trinajstić information content (AvgIpc) is 3.40. The molecule has 10 heteroatoms. The molecule has 3 aromatic carbocycles. The van der Waals surface area contributed by atoms with Gasteiger partial charge in [0.15, 0.2) is 0 Å². The van der Waals surface area contributed by atoms with Crippen LogP contribution in [0.5, 0.6) is 0 Å². The minimum absolute atomic E-state index is 0.159. The van der Waals surface area contributed by atoms with E-state index in [0.29, 0.717) is 27.0 Å². The molecule has 0 bridgehead atoms. The summed E-state index contributed by atoms with van der Waals surface area (Å²) in [6.45, 7) is 1.80. The molecule has 1 aliphatic carbocycles. The van der Waals surface area contributed by atoms with Crippen molar-refractivity contribution < 1.29 is 14.0 Å². The highest BCUT2D eigenvalue weighted by Crippen LogP contribution is 2.65. The Balaban J connectivity index is 1.54. The zero-order valence-corrected chi connectivity index (χ0v) is 22.2. The SMILES string of the molecule is Cc1cc(C2C(C(=O)Nc3ccc(Cl)c(C(=O)N(C)c4ccc(F)cc4)c3)C2(Cl)Cl)cc(Cl)c1Cl. The highest BCUT2D eigenvalue weighted by Gasteiger charge is 2.67. The first kappa shape index (κ1) is 26.1. The van der Waals surface area contributed by atoms with E-state index >= 15 is 0 Å². The van der Waals surface area contributed by atoms with Crippen LogP contribution in [0, 0.1) is 18.7 Å². The van der Waals surface area contributed by atoms with Gasteiger partial charge in [0.2, 0.25) is 5.91 Å². The first-order valence-corrected chi connectivity index (χ1v) is 12.3. The fourth-order valence-corrected chi connectivity index (χ4v) is 5.36. The van der Waals surface area contributed by atoms with Crippen molar-refractivity contribution in [2.45, 2.75) is 17.2 Å². The van der Waals surface area contributed by atoms with E-state index in [9.17, 15) is 14.0 Å². The number of carbonyl (C=O) groups is 2. The number of amides is 2. The van der Waals surface area contributed by atoms with Crippen molar-refractivity contribution in [3.8, 4) is 0 Å². The molecule has 182 valence electrons. The van der Waals surface area contributed by atoms with E-state index in [1.165, 1.54) is 41.3 Å². The van der Waals surface area contributed by atoms with Gasteiger partial charge in [-0.15, -0.1) is 23.2 Å². The molecule has 0 radical (unpaired) electrons. The van der Waals surface area contributed by atoms with Gasteiger partial charge in [-0.1, -0.05) is 40.9 Å². The second kappa shape index (κ2) is 9.79. The Morgan fingerprint density at radius 3 is 2.26 bits per heavy atom. The molecule has 2 amide bonds. The summed E-state index contributed by atoms with van der Waals surface area (Å²) in [4.78, 5) is 27.4. The van der Waals surface area contributed by atoms with Crippen LogP contribution in [0.25, 0.3) is 0 Å². The number of nitrogens with one attached hydrogen (secondary N) is 1. The van der Waals surface area contributed by atoms with E-state index in [0.717, 1.165) is 5.56 Å². The Bertz CT molecular complexity index is 1310. The summed E-state index contributed by atoms with van der Waals surface area (Å²) in [7, 11) is 1.54. The Morgan fingerprint density at radius 1 is 0.971 bits per heavy atom. The number of alkyl halides is 2. The molecule has 2 unspecified atom stereocenters. The predicted molar refractivity (Wildman–Crippen MR) is 141 cm³/mol. The lowest BCUT2D eigenvalue weighted by molar-refractivity contribution is -0.117. The fourth-order valence-electron chi connectivity index (χ4n) is 3.95. The number of carbonyl (C=O) groups excluding carboxylic acids is 2. The van der Waals surface area contributed by atoms with Gasteiger partial charge in [0, 0.05) is 24.3 Å². The zero-order chi connectivity index (χ0) is 25.7. The van der Waals surface area contributed by atoms with Crippen LogP contribution in [0.1, 0.15) is 27.4 Å². The van der Waals surface area contributed by atoms with Crippen LogP contribution in [0.2, 0.25) is 15.1 Å². The third-order valence-electron chi connectivity index (χ3n) is 5.91. The zero-order valence-electron chi connectivity index (χ0n) is 18.4. The van der Waals surface area contributed by atoms with E-state index in [2.05, 4.69) is 5.32 Å². The van der Waals surface area contributed by atoms with E-state index in [4.69, 9.17) is 58.0 Å². The second-order valence-electron chi connectivity index (χ2n) is 8.29. The molecule has 1 aliphatic rings. The molecule has 0 saturated heterocycles. The summed E-state index contributed by atoms with van der Waals surface area (Å²) in [6, 6.07) is 13.5. The van der Waals surface area contributed by atoms with Crippen LogP contribution in [-0.2, 0) is 4.79 Å². The molecular weight excluding hydrogens is 557 g/mol. The Morgan fingerprint density at radius 2 is 1.63 bits per heavy atom. The quantitative estimate of drug-likeness (QED) is 0.315. The van der Waals surface area contributed by atoms with E-state index in [1.807, 2.05) is 0 Å². The third kappa shape index (κ3) is 5.11. The van der Waals surface area contributed by atoms with Crippen LogP contribution in [0.3, 0.4) is 0 Å². The third-order valence-corrected chi connectivity index (χ3v) is 8.08. The molecular formula is C25H18Cl5FN2O2. The van der Waals surface area contributed by atoms with Gasteiger partial charge >= 0.3 is 0 Å². The molecule has 0 heterocycles. The van der Waals surface area contributed by atoms with E-state index in [1.54, 1.807) is 32.2 Å². The van der Waals surface area contributed by atoms with Gasteiger partial charge in [0.25, 0.3) is 5.91 Å². The molecule has 0 aliphatic heterocycles. The van der Waals surface area contributed by atoms with Gasteiger partial charge in [-0.25, -0.2) is 4.39 Å². The molecule has 4 nitrogen and oxygen atoms in total. The minimum Gasteiger partial charge on any atom is -0.326 e. The molecule has 4 rings (SSSR count). The largest absolute Gasteiger partial charge is 0.326 e. The van der Waals surface area contributed by atoms with Crippen molar-refractivity contribution in [1.82, 2.24) is 0 Å². The smallest absolute Gasteiger partial charge is 0.259 e. The van der Waals surface area contributed by atoms with Gasteiger partial charge in [-0.2, -0.15) is 0 Å². The molecule has 1 saturated carbocycles. The minimum atomic E-state index is -1.33. The highest BCUT2D eigenvalue weighted by molar-refractivity contribution is 6.53. The van der Waals surface area contributed by atoms with Gasteiger partial charge in [-0.05, 0) is 66.6 Å². The van der Waals surface area contributed by atoms with Crippen LogP contribution in [-0.4, -0.2) is 23.2 Å². The van der Waals surface area contributed by atoms with Gasteiger partial charge in [0.05, 0.1) is 26.5 Å². The standard InChI is InChI=1S/C25H18Cl5FN2O2/c1-12-9-13(10-19(27)22(12)28)20-21(25(20,29)30)23(34)32-15-5-8-18(26)17(11-15)24(35)33(2)16-6-3-14(31)4-7-16/h3-11,20-21H,1-2H3,(H,32,34). The highest BCUT2D eigenvalue weighted by atomic mass is 35.5. The first-order chi connectivity index (χ1) is 16.4. The van der Waals surface area contributed by atoms with Crippen molar-refractivity contribution in [2.75, 3.05) is 17.3 Å². The summed E-state index contributed by atoms with van der Waals surface area (Å²) < 4.78 is 11.9. The van der Waals surface area contributed by atoms with Gasteiger partial charge in [-0.3, -0.25) is 9.59 Å². The van der Waals surface area contributed by atoms with Crippen LogP contribution >= 0.6 is 58.0 Å². The van der Waals surface area contributed by atoms with Crippen LogP contribution in [0.15, 0.2) is 54.6 Å². The summed E-state index contributed by atoms with van der Waals surface area (Å²) in [5, 5.41) is 3.74. The Kier molecular flexibility index (Phi) is 7.29. The topological polar surface area (TPSA) is 49.4 Å². The molecule has 2 atom stereocenters. The van der Waals surface area contributed by atoms with E-state index in [-0.39, 0.29) is 10.6 Å². The number of hydrogen-bond donors (Lipinski definition) is 1. The first-order valence-electron chi connectivity index (χ1n) is 10.4. The molecule has 35 heavy (non-hydrogen) atoms. The number of halogens is 6. The maximum Gasteiger partial charge on any atom is 0.259 e. The lowest BCUT2D eigenvalue weighted by atomic mass is 10.1. The number of benzene rings is 3.